The lowest BCUT2D eigenvalue weighted by atomic mass is 9.99. The van der Waals surface area contributed by atoms with E-state index >= 15 is 0 Å². The molecule has 0 radical (unpaired) electrons. The van der Waals surface area contributed by atoms with Crippen molar-refractivity contribution in [1.82, 2.24) is 0 Å². The average Bonchev–Trinajstić information content (AvgIpc) is 2.88. The Labute approximate surface area is 119 Å². The van der Waals surface area contributed by atoms with E-state index in [1.165, 1.54) is 27.8 Å². The fourth-order valence-corrected chi connectivity index (χ4v) is 2.75. The second kappa shape index (κ2) is 5.36. The maximum Gasteiger partial charge on any atom is 0.0725 e. The Bertz CT molecular complexity index is 574. The molecule has 0 spiro atoms. The largest absolute Gasteiger partial charge is 0.372 e. The number of ether oxygens (including phenoxy) is 1. The van der Waals surface area contributed by atoms with Crippen LogP contribution >= 0.6 is 11.6 Å². The lowest BCUT2D eigenvalue weighted by Crippen LogP contribution is -1.97. The SMILES string of the molecule is Cc1ccc(CC(Cl)c2ccc3c(c2)COC3)cc1. The first-order valence-electron chi connectivity index (χ1n) is 6.61. The number of hydrogen-bond donors (Lipinski definition) is 0. The second-order valence-electron chi connectivity index (χ2n) is 5.18. The zero-order valence-electron chi connectivity index (χ0n) is 11.0. The Morgan fingerprint density at radius 2 is 1.79 bits per heavy atom. The summed E-state index contributed by atoms with van der Waals surface area (Å²) >= 11 is 6.54. The molecule has 1 atom stereocenters. The van der Waals surface area contributed by atoms with Crippen molar-refractivity contribution in [2.75, 3.05) is 0 Å². The summed E-state index contributed by atoms with van der Waals surface area (Å²) in [6.07, 6.45) is 0.863. The highest BCUT2D eigenvalue weighted by molar-refractivity contribution is 6.20. The Kier molecular flexibility index (Phi) is 3.58. The molecule has 2 aromatic rings. The van der Waals surface area contributed by atoms with Crippen molar-refractivity contribution in [3.63, 3.8) is 0 Å². The third-order valence-corrected chi connectivity index (χ3v) is 4.05. The molecule has 1 unspecified atom stereocenters. The van der Waals surface area contributed by atoms with Gasteiger partial charge in [0, 0.05) is 0 Å². The van der Waals surface area contributed by atoms with E-state index in [4.69, 9.17) is 16.3 Å². The molecule has 1 aliphatic heterocycles. The van der Waals surface area contributed by atoms with Gasteiger partial charge in [-0.25, -0.2) is 0 Å². The van der Waals surface area contributed by atoms with Crippen LogP contribution in [0.25, 0.3) is 0 Å². The fraction of sp³-hybridized carbons (Fsp3) is 0.294. The van der Waals surface area contributed by atoms with Crippen LogP contribution in [0.3, 0.4) is 0 Å². The molecule has 0 N–H and O–H groups in total. The zero-order chi connectivity index (χ0) is 13.2. The normalized spacial score (nSPS) is 15.3. The quantitative estimate of drug-likeness (QED) is 0.745. The van der Waals surface area contributed by atoms with Gasteiger partial charge in [0.15, 0.2) is 0 Å². The molecule has 0 saturated heterocycles. The topological polar surface area (TPSA) is 9.23 Å². The number of benzene rings is 2. The highest BCUT2D eigenvalue weighted by atomic mass is 35.5. The molecule has 1 aliphatic rings. The highest BCUT2D eigenvalue weighted by Gasteiger charge is 2.15. The van der Waals surface area contributed by atoms with Crippen molar-refractivity contribution < 1.29 is 4.74 Å². The molecule has 0 aromatic heterocycles. The van der Waals surface area contributed by atoms with Gasteiger partial charge in [0.25, 0.3) is 0 Å². The first-order chi connectivity index (χ1) is 9.22. The van der Waals surface area contributed by atoms with Crippen molar-refractivity contribution in [2.45, 2.75) is 31.9 Å². The number of fused-ring (bicyclic) bond motifs is 1. The molecule has 0 amide bonds. The van der Waals surface area contributed by atoms with Crippen LogP contribution < -0.4 is 0 Å². The van der Waals surface area contributed by atoms with Gasteiger partial charge in [-0.1, -0.05) is 48.0 Å². The molecule has 19 heavy (non-hydrogen) atoms. The van der Waals surface area contributed by atoms with Gasteiger partial charge in [-0.2, -0.15) is 0 Å². The summed E-state index contributed by atoms with van der Waals surface area (Å²) in [5.74, 6) is 0. The minimum atomic E-state index is 0.0219. The molecule has 0 fully saturated rings. The van der Waals surface area contributed by atoms with Crippen LogP contribution in [0.15, 0.2) is 42.5 Å². The van der Waals surface area contributed by atoms with E-state index in [1.807, 2.05) is 0 Å². The molecule has 2 aromatic carbocycles. The minimum Gasteiger partial charge on any atom is -0.372 e. The number of halogens is 1. The van der Waals surface area contributed by atoms with Crippen LogP contribution in [0.5, 0.6) is 0 Å². The molecule has 98 valence electrons. The van der Waals surface area contributed by atoms with Gasteiger partial charge >= 0.3 is 0 Å². The van der Waals surface area contributed by atoms with Crippen molar-refractivity contribution in [3.05, 3.63) is 70.3 Å². The number of rotatable bonds is 3. The van der Waals surface area contributed by atoms with Gasteiger partial charge < -0.3 is 4.74 Å². The molecule has 0 saturated carbocycles. The van der Waals surface area contributed by atoms with Crippen LogP contribution in [0, 0.1) is 6.92 Å². The summed E-state index contributed by atoms with van der Waals surface area (Å²) in [5.41, 5.74) is 6.33. The summed E-state index contributed by atoms with van der Waals surface area (Å²) in [7, 11) is 0. The number of aryl methyl sites for hydroxylation is 1. The van der Waals surface area contributed by atoms with Gasteiger partial charge in [0.2, 0.25) is 0 Å². The molecular weight excluding hydrogens is 256 g/mol. The summed E-state index contributed by atoms with van der Waals surface area (Å²) < 4.78 is 5.44. The molecule has 0 aliphatic carbocycles. The molecular formula is C17H17ClO. The Morgan fingerprint density at radius 3 is 2.58 bits per heavy atom. The lowest BCUT2D eigenvalue weighted by molar-refractivity contribution is 0.134. The van der Waals surface area contributed by atoms with E-state index in [0.29, 0.717) is 0 Å². The Hall–Kier alpha value is -1.31. The molecule has 3 rings (SSSR count). The number of alkyl halides is 1. The van der Waals surface area contributed by atoms with E-state index in [1.54, 1.807) is 0 Å². The van der Waals surface area contributed by atoms with E-state index < -0.39 is 0 Å². The predicted molar refractivity (Wildman–Crippen MR) is 78.4 cm³/mol. The standard InChI is InChI=1S/C17H17ClO/c1-12-2-4-13(5-3-12)8-17(18)14-6-7-15-10-19-11-16(15)9-14/h2-7,9,17H,8,10-11H2,1H3. The summed E-state index contributed by atoms with van der Waals surface area (Å²) in [5, 5.41) is 0.0219. The van der Waals surface area contributed by atoms with Crippen molar-refractivity contribution in [3.8, 4) is 0 Å². The first-order valence-corrected chi connectivity index (χ1v) is 7.05. The van der Waals surface area contributed by atoms with Crippen molar-refractivity contribution >= 4 is 11.6 Å². The first kappa shape index (κ1) is 12.7. The van der Waals surface area contributed by atoms with Crippen molar-refractivity contribution in [1.29, 1.82) is 0 Å². The smallest absolute Gasteiger partial charge is 0.0725 e. The van der Waals surface area contributed by atoms with Crippen LogP contribution in [0.2, 0.25) is 0 Å². The van der Waals surface area contributed by atoms with Crippen LogP contribution in [0.4, 0.5) is 0 Å². The fourth-order valence-electron chi connectivity index (χ4n) is 2.44. The lowest BCUT2D eigenvalue weighted by Gasteiger charge is -2.11. The molecule has 2 heteroatoms. The van der Waals surface area contributed by atoms with Crippen LogP contribution in [0.1, 0.15) is 33.2 Å². The molecule has 1 heterocycles. The van der Waals surface area contributed by atoms with Crippen LogP contribution in [-0.2, 0) is 24.4 Å². The average molecular weight is 273 g/mol. The van der Waals surface area contributed by atoms with E-state index in [0.717, 1.165) is 19.6 Å². The van der Waals surface area contributed by atoms with Gasteiger partial charge in [-0.3, -0.25) is 0 Å². The maximum atomic E-state index is 6.54. The second-order valence-corrected chi connectivity index (χ2v) is 5.71. The van der Waals surface area contributed by atoms with Gasteiger partial charge in [-0.15, -0.1) is 11.6 Å². The summed E-state index contributed by atoms with van der Waals surface area (Å²) in [4.78, 5) is 0. The zero-order valence-corrected chi connectivity index (χ0v) is 11.8. The summed E-state index contributed by atoms with van der Waals surface area (Å²) in [6.45, 7) is 3.56. The Morgan fingerprint density at radius 1 is 1.05 bits per heavy atom. The minimum absolute atomic E-state index is 0.0219. The third-order valence-electron chi connectivity index (χ3n) is 3.64. The van der Waals surface area contributed by atoms with Crippen molar-refractivity contribution in [2.24, 2.45) is 0 Å². The number of hydrogen-bond acceptors (Lipinski definition) is 1. The highest BCUT2D eigenvalue weighted by Crippen LogP contribution is 2.29. The van der Waals surface area contributed by atoms with Crippen LogP contribution in [-0.4, -0.2) is 0 Å². The van der Waals surface area contributed by atoms with E-state index in [9.17, 15) is 0 Å². The molecule has 1 nitrogen and oxygen atoms in total. The third kappa shape index (κ3) is 2.83. The summed E-state index contributed by atoms with van der Waals surface area (Å²) in [6, 6.07) is 15.0. The molecule has 0 bridgehead atoms. The predicted octanol–water partition coefficient (Wildman–Crippen LogP) is 4.55. The van der Waals surface area contributed by atoms with Gasteiger partial charge in [0.1, 0.15) is 0 Å². The monoisotopic (exact) mass is 272 g/mol. The Balaban J connectivity index is 1.76. The van der Waals surface area contributed by atoms with E-state index in [-0.39, 0.29) is 5.38 Å². The van der Waals surface area contributed by atoms with Gasteiger partial charge in [0.05, 0.1) is 18.6 Å². The van der Waals surface area contributed by atoms with Gasteiger partial charge in [-0.05, 0) is 35.6 Å². The maximum absolute atomic E-state index is 6.54. The van der Waals surface area contributed by atoms with E-state index in [2.05, 4.69) is 49.4 Å².